The number of rotatable bonds is 1. The lowest BCUT2D eigenvalue weighted by Gasteiger charge is -2.31. The van der Waals surface area contributed by atoms with Gasteiger partial charge in [-0.05, 0) is 48.0 Å². The molecule has 2 aromatic rings. The van der Waals surface area contributed by atoms with Gasteiger partial charge in [0.05, 0.1) is 6.33 Å². The van der Waals surface area contributed by atoms with Crippen LogP contribution >= 0.6 is 11.8 Å². The van der Waals surface area contributed by atoms with Crippen LogP contribution in [0.15, 0.2) is 12.7 Å². The van der Waals surface area contributed by atoms with E-state index in [0.717, 1.165) is 34.8 Å². The Bertz CT molecular complexity index is 683. The molecule has 2 saturated carbocycles. The van der Waals surface area contributed by atoms with Crippen molar-refractivity contribution in [3.8, 4) is 0 Å². The standard InChI is InChI=1S/C14H17N5S/c15-13-12-14(17-5-16-13)19(6-18-12)11-2-7-1-8(11)10-4-20-3-9(7)10/h5-11H,1-4H2,(H2,15,16,17)/t7-,8-,9+,10-,11+/m1/s1. The number of nitrogens with zero attached hydrogens (tertiary/aromatic N) is 4. The first-order chi connectivity index (χ1) is 9.83. The molecule has 2 bridgehead atoms. The Balaban J connectivity index is 1.59. The number of aromatic nitrogens is 4. The summed E-state index contributed by atoms with van der Waals surface area (Å²) in [4.78, 5) is 12.9. The Hall–Kier alpha value is -1.30. The predicted molar refractivity (Wildman–Crippen MR) is 79.3 cm³/mol. The number of imidazole rings is 1. The number of hydrogen-bond acceptors (Lipinski definition) is 5. The second-order valence-corrected chi connectivity index (χ2v) is 7.49. The number of anilines is 1. The molecule has 2 aromatic heterocycles. The van der Waals surface area contributed by atoms with Crippen molar-refractivity contribution in [1.29, 1.82) is 0 Å². The van der Waals surface area contributed by atoms with Crippen molar-refractivity contribution in [2.45, 2.75) is 18.9 Å². The fraction of sp³-hybridized carbons (Fsp3) is 0.643. The van der Waals surface area contributed by atoms with E-state index in [-0.39, 0.29) is 0 Å². The van der Waals surface area contributed by atoms with Gasteiger partial charge in [0.2, 0.25) is 0 Å². The molecule has 5 nitrogen and oxygen atoms in total. The summed E-state index contributed by atoms with van der Waals surface area (Å²) in [6.07, 6.45) is 6.18. The SMILES string of the molecule is Nc1ncnc2c1ncn2[C@H]1C[C@H]2C[C@@H]1[C@H]1CSC[C@@H]21. The summed E-state index contributed by atoms with van der Waals surface area (Å²) in [7, 11) is 0. The fourth-order valence-electron chi connectivity index (χ4n) is 4.84. The lowest BCUT2D eigenvalue weighted by atomic mass is 9.79. The smallest absolute Gasteiger partial charge is 0.165 e. The lowest BCUT2D eigenvalue weighted by molar-refractivity contribution is 0.210. The molecule has 0 amide bonds. The van der Waals surface area contributed by atoms with Gasteiger partial charge in [-0.15, -0.1) is 0 Å². The minimum Gasteiger partial charge on any atom is -0.382 e. The topological polar surface area (TPSA) is 69.6 Å². The maximum atomic E-state index is 5.90. The zero-order valence-corrected chi connectivity index (χ0v) is 12.0. The average molecular weight is 287 g/mol. The van der Waals surface area contributed by atoms with Crippen molar-refractivity contribution in [2.75, 3.05) is 17.2 Å². The van der Waals surface area contributed by atoms with E-state index in [2.05, 4.69) is 31.3 Å². The van der Waals surface area contributed by atoms with Gasteiger partial charge in [0.15, 0.2) is 11.5 Å². The van der Waals surface area contributed by atoms with Gasteiger partial charge in [0.25, 0.3) is 0 Å². The molecule has 2 N–H and O–H groups in total. The van der Waals surface area contributed by atoms with E-state index in [1.165, 1.54) is 24.3 Å². The number of nitrogen functional groups attached to an aromatic ring is 1. The number of nitrogens with two attached hydrogens (primary N) is 1. The summed E-state index contributed by atoms with van der Waals surface area (Å²) >= 11 is 2.15. The molecule has 0 aromatic carbocycles. The van der Waals surface area contributed by atoms with Crippen LogP contribution in [0.5, 0.6) is 0 Å². The van der Waals surface area contributed by atoms with Gasteiger partial charge >= 0.3 is 0 Å². The zero-order chi connectivity index (χ0) is 13.3. The van der Waals surface area contributed by atoms with E-state index in [9.17, 15) is 0 Å². The van der Waals surface area contributed by atoms with E-state index in [1.54, 1.807) is 6.33 Å². The Kier molecular flexibility index (Phi) is 2.20. The van der Waals surface area contributed by atoms with Gasteiger partial charge in [0, 0.05) is 6.04 Å². The van der Waals surface area contributed by atoms with Crippen LogP contribution in [0.3, 0.4) is 0 Å². The molecule has 1 aliphatic heterocycles. The van der Waals surface area contributed by atoms with E-state index in [0.29, 0.717) is 11.9 Å². The quantitative estimate of drug-likeness (QED) is 0.868. The number of hydrogen-bond donors (Lipinski definition) is 1. The summed E-state index contributed by atoms with van der Waals surface area (Å²) < 4.78 is 2.28. The molecule has 0 radical (unpaired) electrons. The van der Waals surface area contributed by atoms with Crippen LogP contribution in [-0.4, -0.2) is 31.0 Å². The molecule has 5 rings (SSSR count). The van der Waals surface area contributed by atoms with Crippen molar-refractivity contribution in [3.63, 3.8) is 0 Å². The van der Waals surface area contributed by atoms with E-state index in [1.807, 2.05) is 6.33 Å². The summed E-state index contributed by atoms with van der Waals surface area (Å²) in [5, 5.41) is 0. The van der Waals surface area contributed by atoms with Crippen molar-refractivity contribution < 1.29 is 0 Å². The molecular weight excluding hydrogens is 270 g/mol. The molecule has 3 aliphatic rings. The van der Waals surface area contributed by atoms with Gasteiger partial charge in [-0.2, -0.15) is 11.8 Å². The molecule has 20 heavy (non-hydrogen) atoms. The highest BCUT2D eigenvalue weighted by atomic mass is 32.2. The second-order valence-electron chi connectivity index (χ2n) is 6.41. The first-order valence-corrected chi connectivity index (χ1v) is 8.49. The third kappa shape index (κ3) is 1.33. The minimum atomic E-state index is 0.492. The monoisotopic (exact) mass is 287 g/mol. The molecule has 6 heteroatoms. The maximum absolute atomic E-state index is 5.90. The van der Waals surface area contributed by atoms with Crippen LogP contribution < -0.4 is 5.73 Å². The van der Waals surface area contributed by atoms with Gasteiger partial charge in [-0.3, -0.25) is 0 Å². The second kappa shape index (κ2) is 3.87. The summed E-state index contributed by atoms with van der Waals surface area (Å²) in [5.74, 6) is 6.86. The summed E-state index contributed by atoms with van der Waals surface area (Å²) in [6, 6.07) is 0.569. The minimum absolute atomic E-state index is 0.492. The van der Waals surface area contributed by atoms with Gasteiger partial charge < -0.3 is 10.3 Å². The van der Waals surface area contributed by atoms with Crippen LogP contribution in [0.25, 0.3) is 11.2 Å². The molecule has 3 heterocycles. The van der Waals surface area contributed by atoms with Crippen LogP contribution in [0.1, 0.15) is 18.9 Å². The highest BCUT2D eigenvalue weighted by molar-refractivity contribution is 7.99. The van der Waals surface area contributed by atoms with E-state index < -0.39 is 0 Å². The van der Waals surface area contributed by atoms with Gasteiger partial charge in [-0.25, -0.2) is 15.0 Å². The Morgan fingerprint density at radius 1 is 1.10 bits per heavy atom. The van der Waals surface area contributed by atoms with E-state index in [4.69, 9.17) is 5.73 Å². The predicted octanol–water partition coefficient (Wildman–Crippen LogP) is 1.97. The molecule has 0 spiro atoms. The zero-order valence-electron chi connectivity index (χ0n) is 11.1. The van der Waals surface area contributed by atoms with Crippen LogP contribution in [-0.2, 0) is 0 Å². The van der Waals surface area contributed by atoms with E-state index >= 15 is 0 Å². The lowest BCUT2D eigenvalue weighted by Crippen LogP contribution is -2.28. The summed E-state index contributed by atoms with van der Waals surface area (Å²) in [6.45, 7) is 0. The van der Waals surface area contributed by atoms with Crippen LogP contribution in [0.4, 0.5) is 5.82 Å². The first-order valence-electron chi connectivity index (χ1n) is 7.33. The summed E-state index contributed by atoms with van der Waals surface area (Å²) in [5.41, 5.74) is 7.57. The average Bonchev–Trinajstić information content (AvgIpc) is 3.19. The highest BCUT2D eigenvalue weighted by Gasteiger charge is 2.54. The fourth-order valence-corrected chi connectivity index (χ4v) is 6.54. The maximum Gasteiger partial charge on any atom is 0.165 e. The van der Waals surface area contributed by atoms with Gasteiger partial charge in [0.1, 0.15) is 11.8 Å². The van der Waals surface area contributed by atoms with Crippen LogP contribution in [0, 0.1) is 23.7 Å². The Labute approximate surface area is 121 Å². The number of fused-ring (bicyclic) bond motifs is 6. The largest absolute Gasteiger partial charge is 0.382 e. The van der Waals surface area contributed by atoms with Gasteiger partial charge in [-0.1, -0.05) is 0 Å². The van der Waals surface area contributed by atoms with Crippen molar-refractivity contribution in [3.05, 3.63) is 12.7 Å². The molecule has 3 fully saturated rings. The Morgan fingerprint density at radius 3 is 2.95 bits per heavy atom. The molecule has 1 saturated heterocycles. The third-order valence-electron chi connectivity index (χ3n) is 5.68. The van der Waals surface area contributed by atoms with Crippen LogP contribution in [0.2, 0.25) is 0 Å². The van der Waals surface area contributed by atoms with Crippen molar-refractivity contribution >= 4 is 28.7 Å². The molecule has 0 unspecified atom stereocenters. The number of thioether (sulfide) groups is 1. The molecular formula is C14H17N5S. The Morgan fingerprint density at radius 2 is 2.00 bits per heavy atom. The molecule has 5 atom stereocenters. The highest BCUT2D eigenvalue weighted by Crippen LogP contribution is 2.61. The van der Waals surface area contributed by atoms with Crippen molar-refractivity contribution in [1.82, 2.24) is 19.5 Å². The normalized spacial score (nSPS) is 38.7. The molecule has 2 aliphatic carbocycles. The van der Waals surface area contributed by atoms with Crippen molar-refractivity contribution in [2.24, 2.45) is 23.7 Å². The third-order valence-corrected chi connectivity index (χ3v) is 6.92. The first kappa shape index (κ1) is 11.4. The molecule has 104 valence electrons.